The molecule has 0 fully saturated rings. The molecule has 1 heterocycles. The number of hydrogen-bond donors (Lipinski definition) is 4. The van der Waals surface area contributed by atoms with Gasteiger partial charge in [-0.15, -0.1) is 10.2 Å². The van der Waals surface area contributed by atoms with E-state index in [0.29, 0.717) is 11.1 Å². The van der Waals surface area contributed by atoms with Gasteiger partial charge in [-0.2, -0.15) is 0 Å². The average Bonchev–Trinajstić information content (AvgIpc) is 2.85. The number of H-pyrrole nitrogens is 2. The number of nitrogens with zero attached hydrogens (tertiary/aromatic N) is 3. The number of aromatic amines is 2. The molecule has 0 atom stereocenters. The van der Waals surface area contributed by atoms with E-state index in [4.69, 9.17) is 0 Å². The lowest BCUT2D eigenvalue weighted by Crippen LogP contribution is -2.26. The van der Waals surface area contributed by atoms with Gasteiger partial charge in [-0.1, -0.05) is 30.3 Å². The Balaban J connectivity index is 1.94. The highest BCUT2D eigenvalue weighted by Gasteiger charge is 2.16. The van der Waals surface area contributed by atoms with Crippen molar-refractivity contribution in [3.8, 4) is 5.88 Å². The Kier molecular flexibility index (Phi) is 8.06. The van der Waals surface area contributed by atoms with Gasteiger partial charge in [0.1, 0.15) is 5.70 Å². The van der Waals surface area contributed by atoms with Gasteiger partial charge in [-0.25, -0.2) is 4.79 Å². The molecule has 0 aliphatic carbocycles. The molecule has 0 unspecified atom stereocenters. The van der Waals surface area contributed by atoms with Crippen LogP contribution in [0.2, 0.25) is 0 Å². The third-order valence-corrected chi connectivity index (χ3v) is 4.99. The number of aromatic hydroxyl groups is 1. The first-order valence-electron chi connectivity index (χ1n) is 10.8. The largest absolute Gasteiger partial charge is 0.493 e. The van der Waals surface area contributed by atoms with Crippen LogP contribution in [0.15, 0.2) is 80.1 Å². The van der Waals surface area contributed by atoms with Gasteiger partial charge in [-0.3, -0.25) is 24.4 Å². The molecule has 0 saturated heterocycles. The molecule has 0 spiro atoms. The van der Waals surface area contributed by atoms with Crippen molar-refractivity contribution < 1.29 is 14.7 Å². The van der Waals surface area contributed by atoms with Gasteiger partial charge in [0.2, 0.25) is 11.6 Å². The number of nitrogens with one attached hydrogen (secondary N) is 3. The van der Waals surface area contributed by atoms with Crippen LogP contribution in [-0.4, -0.2) is 40.0 Å². The van der Waals surface area contributed by atoms with E-state index in [1.807, 2.05) is 35.9 Å². The monoisotopic (exact) mass is 476 g/mol. The molecule has 35 heavy (non-hydrogen) atoms. The molecule has 0 bridgehead atoms. The Bertz CT molecular complexity index is 1370. The fourth-order valence-corrected chi connectivity index (χ4v) is 3.18. The number of rotatable bonds is 8. The molecule has 180 valence electrons. The first-order valence-corrected chi connectivity index (χ1v) is 10.8. The molecule has 0 aliphatic heterocycles. The maximum absolute atomic E-state index is 12.8. The van der Waals surface area contributed by atoms with Crippen LogP contribution in [0, 0.1) is 0 Å². The van der Waals surface area contributed by atoms with Gasteiger partial charge >= 0.3 is 11.6 Å². The number of anilines is 1. The zero-order valence-corrected chi connectivity index (χ0v) is 19.1. The first-order chi connectivity index (χ1) is 16.8. The summed E-state index contributed by atoms with van der Waals surface area (Å²) in [4.78, 5) is 54.5. The predicted octanol–water partition coefficient (Wildman–Crippen LogP) is 2.70. The summed E-state index contributed by atoms with van der Waals surface area (Å²) in [6.07, 6.45) is 1.42. The highest BCUT2D eigenvalue weighted by molar-refractivity contribution is 6.05. The molecule has 2 aromatic carbocycles. The number of benzene rings is 2. The number of carbonyl (C=O) groups is 2. The second kappa shape index (κ2) is 11.4. The van der Waals surface area contributed by atoms with E-state index in [-0.39, 0.29) is 5.70 Å². The Morgan fingerprint density at radius 1 is 1.00 bits per heavy atom. The molecule has 3 rings (SSSR count). The summed E-state index contributed by atoms with van der Waals surface area (Å²) in [6, 6.07) is 15.6. The normalized spacial score (nSPS) is 11.4. The van der Waals surface area contributed by atoms with Crippen molar-refractivity contribution in [2.24, 2.45) is 10.2 Å². The third kappa shape index (κ3) is 6.38. The molecular formula is C24H24N6O5. The van der Waals surface area contributed by atoms with Crippen molar-refractivity contribution in [2.75, 3.05) is 18.0 Å². The SMILES string of the molecule is CCN(CC)c1ccc(C=C(NC(=O)c2ccccc2)C(=O)N=Nc2c(O)[nH]c(=O)[nH]c2=O)cc1. The molecule has 1 aromatic heterocycles. The second-order valence-electron chi connectivity index (χ2n) is 7.25. The third-order valence-electron chi connectivity index (χ3n) is 4.99. The second-order valence-corrected chi connectivity index (χ2v) is 7.25. The highest BCUT2D eigenvalue weighted by Crippen LogP contribution is 2.19. The van der Waals surface area contributed by atoms with Crippen molar-refractivity contribution in [1.82, 2.24) is 15.3 Å². The van der Waals surface area contributed by atoms with E-state index >= 15 is 0 Å². The number of amides is 2. The highest BCUT2D eigenvalue weighted by atomic mass is 16.3. The minimum atomic E-state index is -1.03. The summed E-state index contributed by atoms with van der Waals surface area (Å²) in [7, 11) is 0. The van der Waals surface area contributed by atoms with Crippen LogP contribution in [0.1, 0.15) is 29.8 Å². The maximum Gasteiger partial charge on any atom is 0.328 e. The standard InChI is InChI=1S/C24H24N6O5/c1-3-30(4-2)17-12-10-15(11-13-17)14-18(25-20(31)16-8-6-5-7-9-16)21(32)29-28-19-22(33)26-24(35)27-23(19)34/h5-14H,3-4H2,1-2H3,(H,25,31)(H3,26,27,33,34,35). The Morgan fingerprint density at radius 2 is 1.66 bits per heavy atom. The van der Waals surface area contributed by atoms with Gasteiger partial charge < -0.3 is 15.3 Å². The quantitative estimate of drug-likeness (QED) is 0.289. The van der Waals surface area contributed by atoms with E-state index in [9.17, 15) is 24.3 Å². The van der Waals surface area contributed by atoms with Gasteiger partial charge in [0.25, 0.3) is 11.5 Å². The van der Waals surface area contributed by atoms with Crippen LogP contribution in [0.3, 0.4) is 0 Å². The van der Waals surface area contributed by atoms with E-state index in [2.05, 4.69) is 20.4 Å². The first kappa shape index (κ1) is 24.8. The van der Waals surface area contributed by atoms with Crippen LogP contribution in [0.4, 0.5) is 11.4 Å². The number of azo groups is 1. The topological polar surface area (TPSA) is 160 Å². The number of aromatic nitrogens is 2. The lowest BCUT2D eigenvalue weighted by Gasteiger charge is -2.20. The Labute approximate surface area is 199 Å². The Hall–Kier alpha value is -4.80. The van der Waals surface area contributed by atoms with E-state index in [1.54, 1.807) is 42.5 Å². The maximum atomic E-state index is 12.8. The van der Waals surface area contributed by atoms with E-state index < -0.39 is 34.6 Å². The smallest absolute Gasteiger partial charge is 0.328 e. The minimum absolute atomic E-state index is 0.210. The van der Waals surface area contributed by atoms with Crippen molar-refractivity contribution in [1.29, 1.82) is 0 Å². The van der Waals surface area contributed by atoms with Crippen LogP contribution < -0.4 is 21.5 Å². The van der Waals surface area contributed by atoms with Crippen LogP contribution in [0.25, 0.3) is 6.08 Å². The van der Waals surface area contributed by atoms with Crippen LogP contribution in [0.5, 0.6) is 5.88 Å². The fourth-order valence-electron chi connectivity index (χ4n) is 3.18. The molecule has 3 aromatic rings. The Morgan fingerprint density at radius 3 is 2.26 bits per heavy atom. The van der Waals surface area contributed by atoms with Gasteiger partial charge in [-0.05, 0) is 49.8 Å². The fraction of sp³-hybridized carbons (Fsp3) is 0.167. The summed E-state index contributed by atoms with van der Waals surface area (Å²) >= 11 is 0. The molecule has 0 saturated carbocycles. The summed E-state index contributed by atoms with van der Waals surface area (Å²) in [6.45, 7) is 5.76. The van der Waals surface area contributed by atoms with Crippen molar-refractivity contribution >= 4 is 29.3 Å². The summed E-state index contributed by atoms with van der Waals surface area (Å²) < 4.78 is 0. The van der Waals surface area contributed by atoms with Gasteiger partial charge in [0.15, 0.2) is 0 Å². The van der Waals surface area contributed by atoms with Crippen LogP contribution >= 0.6 is 0 Å². The molecular weight excluding hydrogens is 452 g/mol. The zero-order chi connectivity index (χ0) is 25.4. The lowest BCUT2D eigenvalue weighted by atomic mass is 10.1. The molecule has 2 amide bonds. The summed E-state index contributed by atoms with van der Waals surface area (Å²) in [5, 5.41) is 19.2. The minimum Gasteiger partial charge on any atom is -0.493 e. The van der Waals surface area contributed by atoms with E-state index in [0.717, 1.165) is 18.8 Å². The van der Waals surface area contributed by atoms with Gasteiger partial charge in [0.05, 0.1) is 0 Å². The van der Waals surface area contributed by atoms with Crippen molar-refractivity contribution in [3.05, 3.63) is 92.3 Å². The van der Waals surface area contributed by atoms with Crippen LogP contribution in [-0.2, 0) is 4.79 Å². The lowest BCUT2D eigenvalue weighted by molar-refractivity contribution is -0.115. The molecule has 11 nitrogen and oxygen atoms in total. The van der Waals surface area contributed by atoms with Gasteiger partial charge in [0, 0.05) is 24.3 Å². The molecule has 4 N–H and O–H groups in total. The summed E-state index contributed by atoms with van der Waals surface area (Å²) in [5.74, 6) is -2.38. The van der Waals surface area contributed by atoms with Crippen molar-refractivity contribution in [3.63, 3.8) is 0 Å². The summed E-state index contributed by atoms with van der Waals surface area (Å²) in [5.41, 5.74) is -0.919. The van der Waals surface area contributed by atoms with E-state index in [1.165, 1.54) is 6.08 Å². The molecule has 11 heteroatoms. The molecule has 0 aliphatic rings. The average molecular weight is 476 g/mol. The number of hydrogen-bond acceptors (Lipinski definition) is 7. The predicted molar refractivity (Wildman–Crippen MR) is 131 cm³/mol. The zero-order valence-electron chi connectivity index (χ0n) is 19.1. The number of carbonyl (C=O) groups excluding carboxylic acids is 2. The molecule has 0 radical (unpaired) electrons. The van der Waals surface area contributed by atoms with Crippen molar-refractivity contribution in [2.45, 2.75) is 13.8 Å².